The van der Waals surface area contributed by atoms with Gasteiger partial charge in [-0.2, -0.15) is 11.3 Å². The Kier molecular flexibility index (Phi) is 6.58. The first kappa shape index (κ1) is 18.1. The van der Waals surface area contributed by atoms with E-state index >= 15 is 0 Å². The molecule has 0 saturated heterocycles. The van der Waals surface area contributed by atoms with Crippen LogP contribution in [0.15, 0.2) is 46.6 Å². The van der Waals surface area contributed by atoms with Crippen LogP contribution in [-0.4, -0.2) is 19.2 Å². The number of nitrogens with zero attached hydrogens (tertiary/aromatic N) is 1. The number of hydrogen-bond acceptors (Lipinski definition) is 6. The number of rotatable bonds is 9. The van der Waals surface area contributed by atoms with Crippen molar-refractivity contribution < 1.29 is 9.47 Å². The van der Waals surface area contributed by atoms with Gasteiger partial charge in [-0.3, -0.25) is 0 Å². The molecule has 6 heteroatoms. The Morgan fingerprint density at radius 1 is 1.16 bits per heavy atom. The van der Waals surface area contributed by atoms with Crippen molar-refractivity contribution in [3.8, 4) is 5.75 Å². The predicted molar refractivity (Wildman–Crippen MR) is 103 cm³/mol. The molecule has 1 N–H and O–H groups in total. The second-order valence-corrected chi connectivity index (χ2v) is 7.42. The summed E-state index contributed by atoms with van der Waals surface area (Å²) in [6.45, 7) is 1.32. The molecular formula is C19H22N2O2S2. The number of benzene rings is 1. The monoisotopic (exact) mass is 374 g/mol. The van der Waals surface area contributed by atoms with E-state index in [1.165, 1.54) is 5.56 Å². The molecule has 132 valence electrons. The van der Waals surface area contributed by atoms with E-state index < -0.39 is 0 Å². The van der Waals surface area contributed by atoms with Crippen LogP contribution in [0.4, 0.5) is 0 Å². The number of methoxy groups -OCH3 is 2. The van der Waals surface area contributed by atoms with E-state index in [4.69, 9.17) is 9.47 Å². The van der Waals surface area contributed by atoms with E-state index in [0.717, 1.165) is 34.8 Å². The lowest BCUT2D eigenvalue weighted by molar-refractivity contribution is 0.184. The number of hydrogen-bond donors (Lipinski definition) is 1. The predicted octanol–water partition coefficient (Wildman–Crippen LogP) is 4.43. The Morgan fingerprint density at radius 2 is 2.08 bits per heavy atom. The van der Waals surface area contributed by atoms with Crippen LogP contribution in [0.1, 0.15) is 27.7 Å². The Balaban J connectivity index is 1.75. The second-order valence-electron chi connectivity index (χ2n) is 5.72. The van der Waals surface area contributed by atoms with E-state index in [-0.39, 0.29) is 6.04 Å². The third kappa shape index (κ3) is 4.89. The highest BCUT2D eigenvalue weighted by Crippen LogP contribution is 2.25. The van der Waals surface area contributed by atoms with Gasteiger partial charge in [0.05, 0.1) is 19.8 Å². The van der Waals surface area contributed by atoms with E-state index in [1.807, 2.05) is 23.7 Å². The lowest BCUT2D eigenvalue weighted by Crippen LogP contribution is -2.23. The average molecular weight is 375 g/mol. The molecule has 0 fully saturated rings. The molecule has 0 aliphatic heterocycles. The Hall–Kier alpha value is -1.73. The minimum Gasteiger partial charge on any atom is -0.496 e. The van der Waals surface area contributed by atoms with Crippen molar-refractivity contribution >= 4 is 22.7 Å². The zero-order chi connectivity index (χ0) is 17.5. The lowest BCUT2D eigenvalue weighted by atomic mass is 10.1. The topological polar surface area (TPSA) is 43.4 Å². The summed E-state index contributed by atoms with van der Waals surface area (Å²) in [5.74, 6) is 0.890. The van der Waals surface area contributed by atoms with Crippen LogP contribution in [0, 0.1) is 0 Å². The summed E-state index contributed by atoms with van der Waals surface area (Å²) >= 11 is 3.42. The standard InChI is InChI=1S/C19H22N2O2S2/c1-22-12-14-3-4-18(23-2)16(9-14)11-21-17(19-20-6-8-25-19)10-15-5-7-24-13-15/h3-9,13,17,21H,10-12H2,1-2H3/t17-/m0/s1. The van der Waals surface area contributed by atoms with Gasteiger partial charge in [-0.15, -0.1) is 11.3 Å². The molecular weight excluding hydrogens is 352 g/mol. The summed E-state index contributed by atoms with van der Waals surface area (Å²) in [4.78, 5) is 4.51. The molecule has 0 aliphatic carbocycles. The van der Waals surface area contributed by atoms with E-state index in [2.05, 4.69) is 33.2 Å². The van der Waals surface area contributed by atoms with Gasteiger partial charge in [-0.25, -0.2) is 4.98 Å². The van der Waals surface area contributed by atoms with Gasteiger partial charge in [0, 0.05) is 30.8 Å². The fourth-order valence-electron chi connectivity index (χ4n) is 2.76. The maximum Gasteiger partial charge on any atom is 0.123 e. The maximum atomic E-state index is 5.52. The third-order valence-electron chi connectivity index (χ3n) is 3.96. The summed E-state index contributed by atoms with van der Waals surface area (Å²) in [5.41, 5.74) is 3.60. The Morgan fingerprint density at radius 3 is 2.76 bits per heavy atom. The Bertz CT molecular complexity index is 758. The molecule has 0 spiro atoms. The molecule has 25 heavy (non-hydrogen) atoms. The van der Waals surface area contributed by atoms with Crippen LogP contribution in [0.2, 0.25) is 0 Å². The van der Waals surface area contributed by atoms with Gasteiger partial charge in [0.25, 0.3) is 0 Å². The van der Waals surface area contributed by atoms with Crippen molar-refractivity contribution in [3.05, 3.63) is 68.3 Å². The highest BCUT2D eigenvalue weighted by molar-refractivity contribution is 7.09. The fourth-order valence-corrected chi connectivity index (χ4v) is 4.15. The second kappa shape index (κ2) is 9.10. The van der Waals surface area contributed by atoms with Crippen molar-refractivity contribution in [1.82, 2.24) is 10.3 Å². The quantitative estimate of drug-likeness (QED) is 0.602. The zero-order valence-electron chi connectivity index (χ0n) is 14.4. The number of thiophene rings is 1. The summed E-state index contributed by atoms with van der Waals surface area (Å²) < 4.78 is 10.8. The van der Waals surface area contributed by atoms with Gasteiger partial charge in [0.15, 0.2) is 0 Å². The molecule has 2 heterocycles. The van der Waals surface area contributed by atoms with Gasteiger partial charge in [-0.1, -0.05) is 6.07 Å². The number of thiazole rings is 1. The molecule has 0 bridgehead atoms. The molecule has 0 unspecified atom stereocenters. The molecule has 0 saturated carbocycles. The van der Waals surface area contributed by atoms with Crippen LogP contribution in [0.3, 0.4) is 0 Å². The van der Waals surface area contributed by atoms with E-state index in [9.17, 15) is 0 Å². The molecule has 4 nitrogen and oxygen atoms in total. The van der Waals surface area contributed by atoms with E-state index in [0.29, 0.717) is 6.61 Å². The van der Waals surface area contributed by atoms with Gasteiger partial charge in [0.2, 0.25) is 0 Å². The smallest absolute Gasteiger partial charge is 0.123 e. The molecule has 0 aliphatic rings. The first-order chi connectivity index (χ1) is 12.3. The van der Waals surface area contributed by atoms with Gasteiger partial charge >= 0.3 is 0 Å². The molecule has 0 amide bonds. The van der Waals surface area contributed by atoms with Crippen molar-refractivity contribution in [1.29, 1.82) is 0 Å². The summed E-state index contributed by atoms with van der Waals surface area (Å²) in [6.07, 6.45) is 2.79. The SMILES string of the molecule is COCc1ccc(OC)c(CN[C@@H](Cc2ccsc2)c2nccs2)c1. The highest BCUT2D eigenvalue weighted by Gasteiger charge is 2.16. The minimum atomic E-state index is 0.186. The largest absolute Gasteiger partial charge is 0.496 e. The molecule has 3 aromatic rings. The summed E-state index contributed by atoms with van der Waals surface area (Å²) in [6, 6.07) is 8.54. The molecule has 3 rings (SSSR count). The number of ether oxygens (including phenoxy) is 2. The third-order valence-corrected chi connectivity index (χ3v) is 5.59. The van der Waals surface area contributed by atoms with Crippen LogP contribution >= 0.6 is 22.7 Å². The highest BCUT2D eigenvalue weighted by atomic mass is 32.1. The van der Waals surface area contributed by atoms with Gasteiger partial charge in [0.1, 0.15) is 10.8 Å². The van der Waals surface area contributed by atoms with Gasteiger partial charge < -0.3 is 14.8 Å². The molecule has 0 radical (unpaired) electrons. The van der Waals surface area contributed by atoms with Crippen molar-refractivity contribution in [2.45, 2.75) is 25.6 Å². The first-order valence-electron chi connectivity index (χ1n) is 8.08. The summed E-state index contributed by atoms with van der Waals surface area (Å²) in [5, 5.41) is 11.1. The van der Waals surface area contributed by atoms with Crippen LogP contribution in [0.25, 0.3) is 0 Å². The average Bonchev–Trinajstić information content (AvgIpc) is 3.32. The van der Waals surface area contributed by atoms with Gasteiger partial charge in [-0.05, 0) is 46.5 Å². The van der Waals surface area contributed by atoms with Crippen molar-refractivity contribution in [2.24, 2.45) is 0 Å². The van der Waals surface area contributed by atoms with Crippen molar-refractivity contribution in [3.63, 3.8) is 0 Å². The van der Waals surface area contributed by atoms with Crippen LogP contribution < -0.4 is 10.1 Å². The van der Waals surface area contributed by atoms with Crippen molar-refractivity contribution in [2.75, 3.05) is 14.2 Å². The zero-order valence-corrected chi connectivity index (χ0v) is 16.0. The van der Waals surface area contributed by atoms with Crippen LogP contribution in [0.5, 0.6) is 5.75 Å². The summed E-state index contributed by atoms with van der Waals surface area (Å²) in [7, 11) is 3.42. The minimum absolute atomic E-state index is 0.186. The lowest BCUT2D eigenvalue weighted by Gasteiger charge is -2.18. The fraction of sp³-hybridized carbons (Fsp3) is 0.316. The van der Waals surface area contributed by atoms with E-state index in [1.54, 1.807) is 36.9 Å². The van der Waals surface area contributed by atoms with Crippen LogP contribution in [-0.2, 0) is 24.3 Å². The Labute approximate surface area is 156 Å². The molecule has 1 aromatic carbocycles. The number of nitrogens with one attached hydrogen (secondary N) is 1. The first-order valence-corrected chi connectivity index (χ1v) is 9.91. The molecule has 1 atom stereocenters. The maximum absolute atomic E-state index is 5.52. The normalized spacial score (nSPS) is 12.2. The number of aromatic nitrogens is 1. The molecule has 2 aromatic heterocycles.